The highest BCUT2D eigenvalue weighted by atomic mass is 35.5. The molecule has 1 aromatic heterocycles. The molecular formula is C15H19ClN4OS. The fourth-order valence-electron chi connectivity index (χ4n) is 2.47. The Balaban J connectivity index is 1.61. The third kappa shape index (κ3) is 3.81. The van der Waals surface area contributed by atoms with E-state index in [4.69, 9.17) is 16.3 Å². The van der Waals surface area contributed by atoms with E-state index in [-0.39, 0.29) is 0 Å². The molecule has 0 radical (unpaired) electrons. The Morgan fingerprint density at radius 1 is 1.45 bits per heavy atom. The lowest BCUT2D eigenvalue weighted by Crippen LogP contribution is -2.44. The first kappa shape index (κ1) is 15.8. The molecule has 1 aliphatic rings. The SMILES string of the molecule is C[C@H]1COCCN1CCSc1nncn1-c1cccc(Cl)c1. The molecule has 1 fully saturated rings. The second-order valence-electron chi connectivity index (χ2n) is 5.27. The van der Waals surface area contributed by atoms with E-state index in [1.807, 2.05) is 28.8 Å². The molecule has 1 aliphatic heterocycles. The van der Waals surface area contributed by atoms with Crippen molar-refractivity contribution in [3.05, 3.63) is 35.6 Å². The first-order valence-corrected chi connectivity index (χ1v) is 8.71. The van der Waals surface area contributed by atoms with Gasteiger partial charge in [-0.05, 0) is 25.1 Å². The maximum atomic E-state index is 6.06. The topological polar surface area (TPSA) is 43.2 Å². The third-order valence-corrected chi connectivity index (χ3v) is 4.88. The minimum absolute atomic E-state index is 0.486. The lowest BCUT2D eigenvalue weighted by atomic mass is 10.2. The molecule has 1 aromatic carbocycles. The van der Waals surface area contributed by atoms with Crippen LogP contribution in [-0.2, 0) is 4.74 Å². The van der Waals surface area contributed by atoms with Gasteiger partial charge in [0.15, 0.2) is 5.16 Å². The Kier molecular flexibility index (Phi) is 5.36. The number of nitrogens with zero attached hydrogens (tertiary/aromatic N) is 4. The van der Waals surface area contributed by atoms with Gasteiger partial charge in [0.1, 0.15) is 6.33 Å². The van der Waals surface area contributed by atoms with Crippen LogP contribution < -0.4 is 0 Å². The van der Waals surface area contributed by atoms with Gasteiger partial charge in [0.25, 0.3) is 0 Å². The summed E-state index contributed by atoms with van der Waals surface area (Å²) in [6.07, 6.45) is 1.73. The van der Waals surface area contributed by atoms with E-state index in [9.17, 15) is 0 Å². The van der Waals surface area contributed by atoms with Crippen molar-refractivity contribution in [2.24, 2.45) is 0 Å². The van der Waals surface area contributed by atoms with Crippen molar-refractivity contribution >= 4 is 23.4 Å². The zero-order chi connectivity index (χ0) is 15.4. The summed E-state index contributed by atoms with van der Waals surface area (Å²) in [5.41, 5.74) is 0.986. The average molecular weight is 339 g/mol. The second kappa shape index (κ2) is 7.46. The van der Waals surface area contributed by atoms with Crippen molar-refractivity contribution in [1.29, 1.82) is 0 Å². The lowest BCUT2D eigenvalue weighted by molar-refractivity contribution is 0.00298. The van der Waals surface area contributed by atoms with Gasteiger partial charge in [-0.25, -0.2) is 0 Å². The minimum Gasteiger partial charge on any atom is -0.379 e. The summed E-state index contributed by atoms with van der Waals surface area (Å²) in [6.45, 7) is 5.88. The highest BCUT2D eigenvalue weighted by Crippen LogP contribution is 2.22. The maximum absolute atomic E-state index is 6.06. The molecule has 0 aliphatic carbocycles. The van der Waals surface area contributed by atoms with E-state index >= 15 is 0 Å². The Hall–Kier alpha value is -1.08. The second-order valence-corrected chi connectivity index (χ2v) is 6.77. The van der Waals surface area contributed by atoms with Crippen molar-refractivity contribution in [2.45, 2.75) is 18.1 Å². The number of morpholine rings is 1. The van der Waals surface area contributed by atoms with E-state index in [1.165, 1.54) is 0 Å². The Labute approximate surface area is 139 Å². The minimum atomic E-state index is 0.486. The molecule has 0 bridgehead atoms. The van der Waals surface area contributed by atoms with Crippen LogP contribution in [0, 0.1) is 0 Å². The fraction of sp³-hybridized carbons (Fsp3) is 0.467. The number of benzene rings is 1. The van der Waals surface area contributed by atoms with Crippen molar-refractivity contribution in [2.75, 3.05) is 32.1 Å². The summed E-state index contributed by atoms with van der Waals surface area (Å²) in [5, 5.41) is 9.84. The molecule has 0 N–H and O–H groups in total. The first-order valence-electron chi connectivity index (χ1n) is 7.34. The largest absolute Gasteiger partial charge is 0.379 e. The Morgan fingerprint density at radius 3 is 3.18 bits per heavy atom. The van der Waals surface area contributed by atoms with Gasteiger partial charge in [-0.2, -0.15) is 0 Å². The molecule has 1 saturated heterocycles. The molecule has 118 valence electrons. The summed E-state index contributed by atoms with van der Waals surface area (Å²) < 4.78 is 7.44. The summed E-state index contributed by atoms with van der Waals surface area (Å²) >= 11 is 7.77. The zero-order valence-electron chi connectivity index (χ0n) is 12.5. The molecule has 1 atom stereocenters. The van der Waals surface area contributed by atoms with Gasteiger partial charge in [-0.3, -0.25) is 9.47 Å². The van der Waals surface area contributed by atoms with Crippen molar-refractivity contribution in [3.63, 3.8) is 0 Å². The van der Waals surface area contributed by atoms with E-state index in [0.29, 0.717) is 11.1 Å². The standard InChI is InChI=1S/C15H19ClN4OS/c1-12-10-21-7-5-19(12)6-8-22-15-18-17-11-20(15)14-4-2-3-13(16)9-14/h2-4,9,11-12H,5-8,10H2,1H3/t12-/m0/s1. The quantitative estimate of drug-likeness (QED) is 0.784. The van der Waals surface area contributed by atoms with Crippen LogP contribution in [0.25, 0.3) is 5.69 Å². The Bertz CT molecular complexity index is 621. The summed E-state index contributed by atoms with van der Waals surface area (Å²) in [7, 11) is 0. The van der Waals surface area contributed by atoms with Gasteiger partial charge in [-0.15, -0.1) is 10.2 Å². The maximum Gasteiger partial charge on any atom is 0.195 e. The van der Waals surface area contributed by atoms with E-state index in [2.05, 4.69) is 22.0 Å². The van der Waals surface area contributed by atoms with Gasteiger partial charge in [0, 0.05) is 29.9 Å². The number of halogens is 1. The summed E-state index contributed by atoms with van der Waals surface area (Å²) in [4.78, 5) is 2.45. The highest BCUT2D eigenvalue weighted by molar-refractivity contribution is 7.99. The number of hydrogen-bond donors (Lipinski definition) is 0. The van der Waals surface area contributed by atoms with Gasteiger partial charge >= 0.3 is 0 Å². The fourth-order valence-corrected chi connectivity index (χ4v) is 3.56. The van der Waals surface area contributed by atoms with Gasteiger partial charge in [-0.1, -0.05) is 29.4 Å². The first-order chi connectivity index (χ1) is 10.7. The van der Waals surface area contributed by atoms with Crippen LogP contribution in [0.1, 0.15) is 6.92 Å². The molecule has 2 heterocycles. The molecule has 0 saturated carbocycles. The summed E-state index contributed by atoms with van der Waals surface area (Å²) in [6, 6.07) is 8.20. The number of rotatable bonds is 5. The smallest absolute Gasteiger partial charge is 0.195 e. The lowest BCUT2D eigenvalue weighted by Gasteiger charge is -2.32. The molecule has 2 aromatic rings. The predicted molar refractivity (Wildman–Crippen MR) is 88.9 cm³/mol. The van der Waals surface area contributed by atoms with E-state index in [1.54, 1.807) is 18.1 Å². The number of aromatic nitrogens is 3. The molecule has 0 spiro atoms. The number of thioether (sulfide) groups is 1. The van der Waals surface area contributed by atoms with Crippen LogP contribution in [0.15, 0.2) is 35.7 Å². The number of hydrogen-bond acceptors (Lipinski definition) is 5. The molecule has 0 amide bonds. The monoisotopic (exact) mass is 338 g/mol. The Morgan fingerprint density at radius 2 is 2.36 bits per heavy atom. The van der Waals surface area contributed by atoms with Crippen LogP contribution >= 0.6 is 23.4 Å². The van der Waals surface area contributed by atoms with Crippen LogP contribution in [0.2, 0.25) is 5.02 Å². The van der Waals surface area contributed by atoms with Crippen molar-refractivity contribution in [3.8, 4) is 5.69 Å². The van der Waals surface area contributed by atoms with Crippen molar-refractivity contribution < 1.29 is 4.74 Å². The van der Waals surface area contributed by atoms with E-state index in [0.717, 1.165) is 42.9 Å². The van der Waals surface area contributed by atoms with E-state index < -0.39 is 0 Å². The highest BCUT2D eigenvalue weighted by Gasteiger charge is 2.18. The van der Waals surface area contributed by atoms with Gasteiger partial charge in [0.2, 0.25) is 0 Å². The van der Waals surface area contributed by atoms with Crippen LogP contribution in [-0.4, -0.2) is 57.8 Å². The van der Waals surface area contributed by atoms with Crippen LogP contribution in [0.5, 0.6) is 0 Å². The molecule has 22 heavy (non-hydrogen) atoms. The van der Waals surface area contributed by atoms with Crippen molar-refractivity contribution in [1.82, 2.24) is 19.7 Å². The average Bonchev–Trinajstić information content (AvgIpc) is 2.98. The molecule has 0 unspecified atom stereocenters. The van der Waals surface area contributed by atoms with Gasteiger partial charge in [0.05, 0.1) is 18.9 Å². The summed E-state index contributed by atoms with van der Waals surface area (Å²) in [5.74, 6) is 0.976. The van der Waals surface area contributed by atoms with Crippen LogP contribution in [0.4, 0.5) is 0 Å². The third-order valence-electron chi connectivity index (χ3n) is 3.72. The normalized spacial score (nSPS) is 19.5. The molecule has 5 nitrogen and oxygen atoms in total. The van der Waals surface area contributed by atoms with Crippen LogP contribution in [0.3, 0.4) is 0 Å². The molecule has 7 heteroatoms. The van der Waals surface area contributed by atoms with Gasteiger partial charge < -0.3 is 4.74 Å². The number of ether oxygens (including phenoxy) is 1. The zero-order valence-corrected chi connectivity index (χ0v) is 14.1. The molecular weight excluding hydrogens is 320 g/mol. The predicted octanol–water partition coefficient (Wildman–Crippen LogP) is 2.73. The molecule has 3 rings (SSSR count).